The monoisotopic (exact) mass is 428 g/mol. The quantitative estimate of drug-likeness (QED) is 0.547. The Labute approximate surface area is 183 Å². The van der Waals surface area contributed by atoms with Crippen molar-refractivity contribution in [3.05, 3.63) is 23.8 Å². The lowest BCUT2D eigenvalue weighted by Crippen LogP contribution is -2.63. The van der Waals surface area contributed by atoms with Crippen LogP contribution in [0.25, 0.3) is 0 Å². The number of aldehydes is 1. The van der Waals surface area contributed by atoms with Gasteiger partial charge in [-0.25, -0.2) is 0 Å². The van der Waals surface area contributed by atoms with Crippen LogP contribution in [0.5, 0.6) is 0 Å². The molecule has 0 unspecified atom stereocenters. The van der Waals surface area contributed by atoms with Crippen LogP contribution in [0, 0.1) is 28.6 Å². The third-order valence-corrected chi connectivity index (χ3v) is 9.29. The SMILES string of the molecule is CCC[C@H]1O[C@@H]2C[C@H]3[C@@H]4CCC5=CC(=O)C=C[C@]5(C)[C@H]4[C@@H](O)C[C@]3(C)[C@]2(C(=O)C=O)O1. The van der Waals surface area contributed by atoms with Crippen LogP contribution in [0.4, 0.5) is 0 Å². The molecular weight excluding hydrogens is 396 g/mol. The number of ether oxygens (including phenoxy) is 2. The van der Waals surface area contributed by atoms with Gasteiger partial charge in [0.05, 0.1) is 12.2 Å². The van der Waals surface area contributed by atoms with Crippen LogP contribution in [-0.4, -0.2) is 47.1 Å². The number of hydrogen-bond acceptors (Lipinski definition) is 6. The Morgan fingerprint density at radius 3 is 2.84 bits per heavy atom. The van der Waals surface area contributed by atoms with Crippen molar-refractivity contribution >= 4 is 17.9 Å². The van der Waals surface area contributed by atoms with E-state index >= 15 is 0 Å². The number of ketones is 2. The minimum atomic E-state index is -1.32. The summed E-state index contributed by atoms with van der Waals surface area (Å²) in [5, 5.41) is 11.5. The molecule has 5 rings (SSSR count). The van der Waals surface area contributed by atoms with Crippen LogP contribution < -0.4 is 0 Å². The fraction of sp³-hybridized carbons (Fsp3) is 0.720. The molecule has 1 aliphatic heterocycles. The van der Waals surface area contributed by atoms with Gasteiger partial charge in [0.15, 0.2) is 24.0 Å². The number of aliphatic hydroxyl groups is 1. The van der Waals surface area contributed by atoms with Crippen molar-refractivity contribution in [2.45, 2.75) is 83.4 Å². The molecule has 5 aliphatic rings. The molecule has 0 spiro atoms. The largest absolute Gasteiger partial charge is 0.393 e. The molecule has 6 heteroatoms. The summed E-state index contributed by atoms with van der Waals surface area (Å²) < 4.78 is 12.5. The summed E-state index contributed by atoms with van der Waals surface area (Å²) in [5.41, 5.74) is -1.27. The van der Waals surface area contributed by atoms with E-state index in [-0.39, 0.29) is 29.0 Å². The Bertz CT molecular complexity index is 890. The lowest BCUT2D eigenvalue weighted by Gasteiger charge is -2.59. The van der Waals surface area contributed by atoms with E-state index in [1.54, 1.807) is 12.2 Å². The summed E-state index contributed by atoms with van der Waals surface area (Å²) in [6, 6.07) is 0. The predicted octanol–water partition coefficient (Wildman–Crippen LogP) is 2.92. The summed E-state index contributed by atoms with van der Waals surface area (Å²) in [6.07, 6.45) is 8.30. The molecular formula is C25H32O6. The summed E-state index contributed by atoms with van der Waals surface area (Å²) >= 11 is 0. The van der Waals surface area contributed by atoms with E-state index < -0.39 is 35.3 Å². The van der Waals surface area contributed by atoms with Crippen LogP contribution in [0.3, 0.4) is 0 Å². The molecule has 0 aromatic heterocycles. The Morgan fingerprint density at radius 1 is 1.35 bits per heavy atom. The smallest absolute Gasteiger partial charge is 0.230 e. The van der Waals surface area contributed by atoms with Gasteiger partial charge < -0.3 is 14.6 Å². The van der Waals surface area contributed by atoms with E-state index in [1.807, 2.05) is 19.9 Å². The lowest BCUT2D eigenvalue weighted by atomic mass is 9.46. The molecule has 31 heavy (non-hydrogen) atoms. The van der Waals surface area contributed by atoms with Gasteiger partial charge in [0.25, 0.3) is 0 Å². The zero-order valence-corrected chi connectivity index (χ0v) is 18.5. The van der Waals surface area contributed by atoms with Gasteiger partial charge in [-0.1, -0.05) is 38.8 Å². The van der Waals surface area contributed by atoms with Crippen molar-refractivity contribution in [3.8, 4) is 0 Å². The van der Waals surface area contributed by atoms with Gasteiger partial charge in [-0.15, -0.1) is 0 Å². The van der Waals surface area contributed by atoms with Crippen molar-refractivity contribution in [2.75, 3.05) is 0 Å². The summed E-state index contributed by atoms with van der Waals surface area (Å²) in [5.74, 6) is -0.328. The summed E-state index contributed by atoms with van der Waals surface area (Å²) in [4.78, 5) is 36.8. The van der Waals surface area contributed by atoms with E-state index in [0.717, 1.165) is 24.8 Å². The van der Waals surface area contributed by atoms with Crippen LogP contribution in [0.15, 0.2) is 23.8 Å². The Balaban J connectivity index is 1.56. The van der Waals surface area contributed by atoms with Crippen LogP contribution in [-0.2, 0) is 23.9 Å². The number of rotatable bonds is 4. The number of carbonyl (C=O) groups is 3. The minimum Gasteiger partial charge on any atom is -0.393 e. The molecule has 1 saturated heterocycles. The van der Waals surface area contributed by atoms with Gasteiger partial charge >= 0.3 is 0 Å². The molecule has 1 heterocycles. The molecule has 0 aromatic rings. The third-order valence-electron chi connectivity index (χ3n) is 9.29. The van der Waals surface area contributed by atoms with Crippen LogP contribution in [0.1, 0.15) is 59.3 Å². The molecule has 3 saturated carbocycles. The zero-order chi connectivity index (χ0) is 22.2. The second kappa shape index (κ2) is 6.93. The van der Waals surface area contributed by atoms with Gasteiger partial charge in [0.2, 0.25) is 5.78 Å². The number of fused-ring (bicyclic) bond motifs is 7. The van der Waals surface area contributed by atoms with E-state index in [9.17, 15) is 19.5 Å². The second-order valence-electron chi connectivity index (χ2n) is 10.6. The fourth-order valence-electron chi connectivity index (χ4n) is 8.03. The van der Waals surface area contributed by atoms with Crippen LogP contribution >= 0.6 is 0 Å². The van der Waals surface area contributed by atoms with Crippen LogP contribution in [0.2, 0.25) is 0 Å². The average molecular weight is 429 g/mol. The highest BCUT2D eigenvalue weighted by atomic mass is 16.7. The van der Waals surface area contributed by atoms with Crippen molar-refractivity contribution in [3.63, 3.8) is 0 Å². The van der Waals surface area contributed by atoms with Gasteiger partial charge in [-0.05, 0) is 56.1 Å². The molecule has 0 aromatic carbocycles. The standard InChI is InChI=1S/C25H32O6/c1-4-5-21-30-20-11-17-16-7-6-14-10-15(27)8-9-23(14,2)22(16)18(28)12-24(17,3)25(20,31-21)19(29)13-26/h8-10,13,16-18,20-22,28H,4-7,11-12H2,1-3H3/t16-,17-,18-,20+,21-,22+,23-,24-,25+/m0/s1. The maximum Gasteiger partial charge on any atom is 0.230 e. The maximum absolute atomic E-state index is 13.1. The van der Waals surface area contributed by atoms with Gasteiger partial charge in [-0.3, -0.25) is 14.4 Å². The van der Waals surface area contributed by atoms with E-state index in [1.165, 1.54) is 0 Å². The van der Waals surface area contributed by atoms with Crippen molar-refractivity contribution in [2.24, 2.45) is 28.6 Å². The molecule has 0 amide bonds. The third kappa shape index (κ3) is 2.58. The normalized spacial score (nSPS) is 50.2. The first kappa shape index (κ1) is 21.2. The highest BCUT2D eigenvalue weighted by Crippen LogP contribution is 2.69. The molecule has 168 valence electrons. The van der Waals surface area contributed by atoms with E-state index in [2.05, 4.69) is 6.92 Å². The molecule has 4 aliphatic carbocycles. The zero-order valence-electron chi connectivity index (χ0n) is 18.5. The van der Waals surface area contributed by atoms with E-state index in [4.69, 9.17) is 9.47 Å². The molecule has 4 fully saturated rings. The highest BCUT2D eigenvalue weighted by Gasteiger charge is 2.75. The number of allylic oxidation sites excluding steroid dienone is 4. The van der Waals surface area contributed by atoms with E-state index in [0.29, 0.717) is 25.5 Å². The van der Waals surface area contributed by atoms with Gasteiger partial charge in [-0.2, -0.15) is 0 Å². The number of Topliss-reactive ketones (excluding diaryl/α,β-unsaturated/α-hetero) is 1. The first-order chi connectivity index (χ1) is 14.7. The number of carbonyl (C=O) groups excluding carboxylic acids is 3. The molecule has 0 radical (unpaired) electrons. The number of hydrogen-bond donors (Lipinski definition) is 1. The van der Waals surface area contributed by atoms with Gasteiger partial charge in [0, 0.05) is 16.7 Å². The Hall–Kier alpha value is -1.63. The van der Waals surface area contributed by atoms with Crippen molar-refractivity contribution in [1.82, 2.24) is 0 Å². The highest BCUT2D eigenvalue weighted by molar-refractivity contribution is 6.29. The van der Waals surface area contributed by atoms with Crippen molar-refractivity contribution in [1.29, 1.82) is 0 Å². The first-order valence-electron chi connectivity index (χ1n) is 11.7. The molecule has 1 N–H and O–H groups in total. The Kier molecular flexibility index (Phi) is 4.75. The first-order valence-corrected chi connectivity index (χ1v) is 11.7. The summed E-state index contributed by atoms with van der Waals surface area (Å²) in [6.45, 7) is 6.17. The second-order valence-corrected chi connectivity index (χ2v) is 10.6. The Morgan fingerprint density at radius 2 is 2.13 bits per heavy atom. The van der Waals surface area contributed by atoms with Crippen molar-refractivity contribution < 1.29 is 29.0 Å². The maximum atomic E-state index is 13.1. The molecule has 0 bridgehead atoms. The number of aliphatic hydroxyl groups excluding tert-OH is 1. The van der Waals surface area contributed by atoms with Gasteiger partial charge in [0.1, 0.15) is 0 Å². The predicted molar refractivity (Wildman–Crippen MR) is 112 cm³/mol. The lowest BCUT2D eigenvalue weighted by molar-refractivity contribution is -0.198. The molecule has 6 nitrogen and oxygen atoms in total. The minimum absolute atomic E-state index is 0.00996. The molecule has 9 atom stereocenters. The topological polar surface area (TPSA) is 89.9 Å². The average Bonchev–Trinajstić information content (AvgIpc) is 3.20. The summed E-state index contributed by atoms with van der Waals surface area (Å²) in [7, 11) is 0. The fourth-order valence-corrected chi connectivity index (χ4v) is 8.03.